The molecule has 0 amide bonds. The van der Waals surface area contributed by atoms with Gasteiger partial charge in [0.25, 0.3) is 16.7 Å². The van der Waals surface area contributed by atoms with E-state index in [1.807, 2.05) is 4.98 Å². The van der Waals surface area contributed by atoms with Crippen LogP contribution in [0.1, 0.15) is 25.1 Å². The number of imidazole rings is 2. The number of aryl methyl sites for hydroxylation is 1. The molecule has 14 N–H and O–H groups in total. The summed E-state index contributed by atoms with van der Waals surface area (Å²) in [6, 6.07) is 0.929. The monoisotopic (exact) mass is 1150 g/mol. The number of H-pyrrole nitrogens is 2. The van der Waals surface area contributed by atoms with Gasteiger partial charge in [0, 0.05) is 39.0 Å². The molecular weight excluding hydrogens is 1100 g/mol. The van der Waals surface area contributed by atoms with E-state index >= 15 is 0 Å². The molecule has 0 bridgehead atoms. The van der Waals surface area contributed by atoms with Crippen molar-refractivity contribution in [3.63, 3.8) is 0 Å². The molecule has 5 aromatic rings. The Kier molecular flexibility index (Phi) is 16.6. The molecule has 0 aliphatic carbocycles. The topological polar surface area (TPSA) is 519 Å². The van der Waals surface area contributed by atoms with Gasteiger partial charge in [-0.2, -0.15) is 13.9 Å². The molecule has 75 heavy (non-hydrogen) atoms. The average Bonchev–Trinajstić information content (AvgIpc) is 4.12. The van der Waals surface area contributed by atoms with E-state index in [4.69, 9.17) is 53.2 Å². The fraction of sp³-hybridized carbons (Fsp3) is 0.588. The summed E-state index contributed by atoms with van der Waals surface area (Å²) in [6.07, 6.45) is -12.9. The largest absolute Gasteiger partial charge is 0.480 e. The first-order valence-electron chi connectivity index (χ1n) is 21.7. The van der Waals surface area contributed by atoms with Gasteiger partial charge in [0.15, 0.2) is 23.9 Å². The van der Waals surface area contributed by atoms with Crippen molar-refractivity contribution in [2.24, 2.45) is 13.0 Å². The van der Waals surface area contributed by atoms with Crippen LogP contribution in [0.15, 0.2) is 45.6 Å². The molecule has 3 saturated heterocycles. The van der Waals surface area contributed by atoms with Crippen molar-refractivity contribution < 1.29 is 104 Å². The first-order chi connectivity index (χ1) is 35.2. The van der Waals surface area contributed by atoms with Crippen molar-refractivity contribution >= 4 is 65.2 Å². The molecule has 37 nitrogen and oxygen atoms in total. The molecule has 8 rings (SSSR count). The molecule has 0 saturated carbocycles. The minimum atomic E-state index is -5.93. The van der Waals surface area contributed by atoms with Gasteiger partial charge in [0.2, 0.25) is 18.5 Å². The van der Waals surface area contributed by atoms with Crippen LogP contribution in [0.25, 0.3) is 22.3 Å². The number of aliphatic hydroxyl groups is 3. The van der Waals surface area contributed by atoms with Crippen LogP contribution in [0.4, 0.5) is 11.8 Å². The Hall–Kier alpha value is -4.62. The summed E-state index contributed by atoms with van der Waals surface area (Å²) in [6.45, 7) is -3.06. The summed E-state index contributed by atoms with van der Waals surface area (Å²) in [4.78, 5) is 101. The molecule has 8 heterocycles. The van der Waals surface area contributed by atoms with Gasteiger partial charge in [-0.1, -0.05) is 0 Å². The van der Waals surface area contributed by atoms with E-state index in [1.54, 1.807) is 0 Å². The van der Waals surface area contributed by atoms with Crippen LogP contribution in [-0.4, -0.2) is 168 Å². The Morgan fingerprint density at radius 3 is 2.15 bits per heavy atom. The molecule has 5 unspecified atom stereocenters. The number of anilines is 2. The molecule has 41 heteroatoms. The number of hydrogen-bond acceptors (Lipinski definition) is 26. The van der Waals surface area contributed by atoms with Gasteiger partial charge in [0.1, 0.15) is 54.6 Å². The second kappa shape index (κ2) is 22.0. The second-order valence-corrected chi connectivity index (χ2v) is 23.2. The summed E-state index contributed by atoms with van der Waals surface area (Å²) in [5, 5.41) is 32.7. The lowest BCUT2D eigenvalue weighted by Crippen LogP contribution is -2.38. The van der Waals surface area contributed by atoms with Crippen LogP contribution in [-0.2, 0) is 71.4 Å². The highest BCUT2D eigenvalue weighted by atomic mass is 31.3. The highest BCUT2D eigenvalue weighted by Crippen LogP contribution is 2.63. The number of nitrogens with zero attached hydrogens (tertiary/aromatic N) is 8. The van der Waals surface area contributed by atoms with Crippen molar-refractivity contribution in [3.05, 3.63) is 62.4 Å². The molecule has 5 aromatic heterocycles. The van der Waals surface area contributed by atoms with Gasteiger partial charge in [0.05, 0.1) is 39.3 Å². The van der Waals surface area contributed by atoms with Crippen molar-refractivity contribution in [1.82, 2.24) is 48.5 Å². The second-order valence-electron chi connectivity index (χ2n) is 16.8. The van der Waals surface area contributed by atoms with Gasteiger partial charge < -0.3 is 70.0 Å². The number of aliphatic hydroxyl groups excluding tert-OH is 3. The van der Waals surface area contributed by atoms with E-state index in [9.17, 15) is 67.5 Å². The first-order valence-corrected chi connectivity index (χ1v) is 27.8. The van der Waals surface area contributed by atoms with Crippen LogP contribution in [0, 0.1) is 5.92 Å². The zero-order valence-corrected chi connectivity index (χ0v) is 42.5. The molecule has 3 aliphatic rings. The molecular formula is C34H50N13O24P4+. The predicted octanol–water partition coefficient (Wildman–Crippen LogP) is -4.01. The normalized spacial score (nSPS) is 30.4. The molecule has 0 spiro atoms. The summed E-state index contributed by atoms with van der Waals surface area (Å²) in [7, 11) is -18.8. The Morgan fingerprint density at radius 2 is 1.44 bits per heavy atom. The number of rotatable bonds is 22. The third-order valence-corrected chi connectivity index (χ3v) is 17.6. The Morgan fingerprint density at radius 1 is 0.773 bits per heavy atom. The van der Waals surface area contributed by atoms with E-state index in [2.05, 4.69) is 29.2 Å². The van der Waals surface area contributed by atoms with Gasteiger partial charge in [-0.05, 0) is 6.42 Å². The summed E-state index contributed by atoms with van der Waals surface area (Å²) in [5.74, 6) is -1.24. The van der Waals surface area contributed by atoms with Crippen LogP contribution in [0.2, 0.25) is 0 Å². The minimum absolute atomic E-state index is 0.00407. The molecule has 3 fully saturated rings. The number of hydrogen-bond donors (Lipinski definition) is 12. The maximum Gasteiger partial charge on any atom is 0.480 e. The highest BCUT2D eigenvalue weighted by Gasteiger charge is 2.54. The Balaban J connectivity index is 0.942. The fourth-order valence-corrected chi connectivity index (χ4v) is 13.5. The number of phosphoric ester groups is 2. The lowest BCUT2D eigenvalue weighted by molar-refractivity contribution is -0.646. The fourth-order valence-electron chi connectivity index (χ4n) is 8.54. The number of methoxy groups -OCH3 is 2. The SMILES string of the molecule is COCC[C@H]1[C@@H](O)[C@H](n2c[n+](C)c3c(=O)[nH]c(N)nc32)O[C@@H]1COP(=O)(O)NP(=O)(O)OP(=O)(O)OCC1O[C@@H](n2cnc3c(N)ncnc32)[C@H](OC)[C@@H]1OP(=O)(O)OC[C@H]1O[C@@H](n2ccc(=O)[nH]c2=O)[C@H](O)[C@@H]1O. The number of phosphoric acid groups is 2. The van der Waals surface area contributed by atoms with Crippen molar-refractivity contribution in [2.75, 3.05) is 52.1 Å². The zero-order chi connectivity index (χ0) is 54.5. The van der Waals surface area contributed by atoms with Gasteiger partial charge in [-0.3, -0.25) is 46.8 Å². The number of aromatic amines is 2. The first kappa shape index (κ1) is 56.6. The molecule has 0 radical (unpaired) electrons. The number of nitrogens with two attached hydrogens (primary N) is 2. The van der Waals surface area contributed by atoms with Crippen LogP contribution in [0.5, 0.6) is 0 Å². The van der Waals surface area contributed by atoms with Gasteiger partial charge in [-0.15, -0.1) is 4.86 Å². The van der Waals surface area contributed by atoms with Crippen LogP contribution in [0.3, 0.4) is 0 Å². The lowest BCUT2D eigenvalue weighted by Gasteiger charge is -2.26. The number of nitrogen functional groups attached to an aromatic ring is 2. The number of nitrogens with one attached hydrogen (secondary N) is 3. The smallest absolute Gasteiger partial charge is 0.387 e. The number of ether oxygens (including phenoxy) is 5. The minimum Gasteiger partial charge on any atom is -0.387 e. The zero-order valence-electron chi connectivity index (χ0n) is 38.9. The van der Waals surface area contributed by atoms with Crippen molar-refractivity contribution in [2.45, 2.75) is 73.9 Å². The van der Waals surface area contributed by atoms with Gasteiger partial charge >= 0.3 is 42.4 Å². The molecule has 16 atom stereocenters. The number of fused-ring (bicyclic) bond motifs is 2. The van der Waals surface area contributed by atoms with E-state index in [0.717, 1.165) is 36.6 Å². The van der Waals surface area contributed by atoms with Crippen molar-refractivity contribution in [3.8, 4) is 0 Å². The molecule has 0 aromatic carbocycles. The van der Waals surface area contributed by atoms with E-state index in [-0.39, 0.29) is 47.1 Å². The van der Waals surface area contributed by atoms with Crippen LogP contribution >= 0.6 is 31.1 Å². The van der Waals surface area contributed by atoms with E-state index in [1.165, 1.54) is 39.0 Å². The maximum atomic E-state index is 13.6. The molecule has 414 valence electrons. The maximum absolute atomic E-state index is 13.6. The highest BCUT2D eigenvalue weighted by molar-refractivity contribution is 7.71. The Bertz CT molecular complexity index is 3280. The van der Waals surface area contributed by atoms with E-state index in [0.29, 0.717) is 0 Å². The standard InChI is InChI=1S/C34H49N13O24P4/c1-44-13-47(28-20(44)29(52)42-33(36)41-28)30-21(49)14(5-7-62-2)15(67-30)8-64-72(54,55)43-73(56,57)71-75(60,61)66-10-17-24(25(63-3)32(69-17)46-12-39-19-26(35)37-11-38-27(19)46)70-74(58,59)65-9-16-22(50)23(51)31(68-16)45-6-4-18(48)40-34(45)53/h4,6,11-17,21-25,30-32,49-51H,5,7-10H2,1-3H3,(H10-,35,36,37,38,40,41,42,43,48,52,53,54,55,56,57,58,59,60,61)/p+1/t14-,15-,16-,17?,21-,22-,23-,24-,25-,30-,31-,32-/m1/s1. The van der Waals surface area contributed by atoms with Gasteiger partial charge in [-0.25, -0.2) is 42.6 Å². The summed E-state index contributed by atoms with van der Waals surface area (Å²) >= 11 is 0. The third-order valence-electron chi connectivity index (χ3n) is 11.9. The number of aromatic nitrogens is 10. The van der Waals surface area contributed by atoms with Crippen molar-refractivity contribution in [1.29, 1.82) is 0 Å². The molecule has 3 aliphatic heterocycles. The summed E-state index contributed by atoms with van der Waals surface area (Å²) in [5.41, 5.74) is 9.41. The Labute approximate surface area is 418 Å². The van der Waals surface area contributed by atoms with E-state index < -0.39 is 141 Å². The van der Waals surface area contributed by atoms with Crippen LogP contribution < -0.4 is 37.7 Å². The quantitative estimate of drug-likeness (QED) is 0.0232. The third kappa shape index (κ3) is 12.2. The lowest BCUT2D eigenvalue weighted by atomic mass is 9.95. The average molecular weight is 1150 g/mol. The summed E-state index contributed by atoms with van der Waals surface area (Å²) < 4.78 is 111. The predicted molar refractivity (Wildman–Crippen MR) is 244 cm³/mol.